The quantitative estimate of drug-likeness (QED) is 0.386. The number of carbonyl (C=O) groups is 1. The van der Waals surface area contributed by atoms with E-state index in [1.807, 2.05) is 4.57 Å². The maximum absolute atomic E-state index is 13.1. The number of ether oxygens (including phenoxy) is 2. The zero-order valence-corrected chi connectivity index (χ0v) is 19.4. The van der Waals surface area contributed by atoms with Crippen LogP contribution in [0.4, 0.5) is 0 Å². The number of piperidine rings is 1. The number of esters is 1. The number of rotatable bonds is 10. The summed E-state index contributed by atoms with van der Waals surface area (Å²) in [5, 5.41) is 9.24. The molecule has 9 nitrogen and oxygen atoms in total. The minimum Gasteiger partial charge on any atom is -0.465 e. The Bertz CT molecular complexity index is 965. The fourth-order valence-electron chi connectivity index (χ4n) is 3.54. The summed E-state index contributed by atoms with van der Waals surface area (Å²) in [4.78, 5) is 12.0. The molecule has 1 atom stereocenters. The van der Waals surface area contributed by atoms with Crippen LogP contribution in [0.15, 0.2) is 40.4 Å². The number of benzene rings is 1. The van der Waals surface area contributed by atoms with Crippen molar-refractivity contribution in [2.75, 3.05) is 39.2 Å². The van der Waals surface area contributed by atoms with Crippen LogP contribution in [-0.2, 0) is 30.8 Å². The van der Waals surface area contributed by atoms with Gasteiger partial charge in [0.2, 0.25) is 10.0 Å². The highest BCUT2D eigenvalue weighted by molar-refractivity contribution is 7.99. The largest absolute Gasteiger partial charge is 0.465 e. The van der Waals surface area contributed by atoms with Crippen molar-refractivity contribution in [3.8, 4) is 0 Å². The van der Waals surface area contributed by atoms with Gasteiger partial charge >= 0.3 is 5.97 Å². The van der Waals surface area contributed by atoms with E-state index in [1.165, 1.54) is 16.1 Å². The molecule has 0 N–H and O–H groups in total. The minimum absolute atomic E-state index is 0.0893. The molecule has 170 valence electrons. The standard InChI is InChI=1S/C20H28N4O5S2/c1-3-29-18(25)15-30-20-22-21-19(24(20)12-13-28-2)16-8-7-11-23(14-16)31(26,27)17-9-5-4-6-10-17/h4-6,9-10,16H,3,7-8,11-15H2,1-2H3/t16-/m0/s1. The highest BCUT2D eigenvalue weighted by Crippen LogP contribution is 2.31. The van der Waals surface area contributed by atoms with E-state index in [2.05, 4.69) is 10.2 Å². The van der Waals surface area contributed by atoms with Gasteiger partial charge in [-0.3, -0.25) is 4.79 Å². The van der Waals surface area contributed by atoms with Crippen LogP contribution in [0.25, 0.3) is 0 Å². The van der Waals surface area contributed by atoms with E-state index < -0.39 is 10.0 Å². The number of aromatic nitrogens is 3. The van der Waals surface area contributed by atoms with E-state index in [1.54, 1.807) is 44.4 Å². The summed E-state index contributed by atoms with van der Waals surface area (Å²) in [5.74, 6) is 0.455. The lowest BCUT2D eigenvalue weighted by atomic mass is 9.99. The molecule has 0 radical (unpaired) electrons. The summed E-state index contributed by atoms with van der Waals surface area (Å²) in [6.07, 6.45) is 1.55. The van der Waals surface area contributed by atoms with Crippen LogP contribution in [0.2, 0.25) is 0 Å². The van der Waals surface area contributed by atoms with Gasteiger partial charge in [-0.15, -0.1) is 10.2 Å². The molecule has 2 aromatic rings. The number of hydrogen-bond donors (Lipinski definition) is 0. The Morgan fingerprint density at radius 1 is 1.26 bits per heavy atom. The Balaban J connectivity index is 1.80. The van der Waals surface area contributed by atoms with E-state index in [0.29, 0.717) is 42.9 Å². The summed E-state index contributed by atoms with van der Waals surface area (Å²) in [6.45, 7) is 3.88. The number of nitrogens with zero attached hydrogens (tertiary/aromatic N) is 4. The Morgan fingerprint density at radius 2 is 2.03 bits per heavy atom. The summed E-state index contributed by atoms with van der Waals surface area (Å²) in [5.41, 5.74) is 0. The van der Waals surface area contributed by atoms with Gasteiger partial charge in [-0.05, 0) is 31.9 Å². The highest BCUT2D eigenvalue weighted by atomic mass is 32.2. The maximum atomic E-state index is 13.1. The molecular weight excluding hydrogens is 440 g/mol. The fraction of sp³-hybridized carbons (Fsp3) is 0.550. The monoisotopic (exact) mass is 468 g/mol. The Kier molecular flexibility index (Phi) is 8.47. The molecule has 1 fully saturated rings. The molecular formula is C20H28N4O5S2. The molecule has 1 saturated heterocycles. The van der Waals surface area contributed by atoms with Gasteiger partial charge in [-0.25, -0.2) is 8.42 Å². The lowest BCUT2D eigenvalue weighted by Gasteiger charge is -2.31. The third-order valence-electron chi connectivity index (χ3n) is 5.02. The van der Waals surface area contributed by atoms with Crippen molar-refractivity contribution in [3.05, 3.63) is 36.2 Å². The first kappa shape index (κ1) is 23.7. The zero-order valence-electron chi connectivity index (χ0n) is 17.8. The average Bonchev–Trinajstić information content (AvgIpc) is 3.20. The van der Waals surface area contributed by atoms with Gasteiger partial charge in [0.25, 0.3) is 0 Å². The summed E-state index contributed by atoms with van der Waals surface area (Å²) < 4.78 is 39.8. The van der Waals surface area contributed by atoms with Gasteiger partial charge in [-0.2, -0.15) is 4.31 Å². The molecule has 0 aliphatic carbocycles. The van der Waals surface area contributed by atoms with Crippen LogP contribution in [0.3, 0.4) is 0 Å². The molecule has 1 aliphatic heterocycles. The smallest absolute Gasteiger partial charge is 0.316 e. The summed E-state index contributed by atoms with van der Waals surface area (Å²) in [6, 6.07) is 8.48. The molecule has 1 aliphatic rings. The van der Waals surface area contributed by atoms with Crippen LogP contribution < -0.4 is 0 Å². The van der Waals surface area contributed by atoms with Crippen molar-refractivity contribution in [2.45, 2.75) is 42.3 Å². The van der Waals surface area contributed by atoms with Crippen LogP contribution in [0.1, 0.15) is 31.5 Å². The second-order valence-electron chi connectivity index (χ2n) is 7.09. The predicted molar refractivity (Wildman–Crippen MR) is 116 cm³/mol. The van der Waals surface area contributed by atoms with Gasteiger partial charge in [0.1, 0.15) is 5.82 Å². The average molecular weight is 469 g/mol. The number of carbonyl (C=O) groups excluding carboxylic acids is 1. The summed E-state index contributed by atoms with van der Waals surface area (Å²) >= 11 is 1.26. The second kappa shape index (κ2) is 11.1. The molecule has 0 bridgehead atoms. The third-order valence-corrected chi connectivity index (χ3v) is 7.84. The van der Waals surface area contributed by atoms with Crippen LogP contribution >= 0.6 is 11.8 Å². The van der Waals surface area contributed by atoms with E-state index >= 15 is 0 Å². The van der Waals surface area contributed by atoms with Crippen molar-refractivity contribution in [3.63, 3.8) is 0 Å². The van der Waals surface area contributed by atoms with E-state index in [4.69, 9.17) is 9.47 Å². The molecule has 0 amide bonds. The van der Waals surface area contributed by atoms with Crippen LogP contribution in [0.5, 0.6) is 0 Å². The van der Waals surface area contributed by atoms with Crippen molar-refractivity contribution in [2.24, 2.45) is 0 Å². The lowest BCUT2D eigenvalue weighted by molar-refractivity contribution is -0.139. The Hall–Kier alpha value is -1.95. The minimum atomic E-state index is -3.57. The first-order valence-electron chi connectivity index (χ1n) is 10.2. The number of thioether (sulfide) groups is 1. The SMILES string of the molecule is CCOC(=O)CSc1nnc([C@H]2CCCN(S(=O)(=O)c3ccccc3)C2)n1CCOC. The molecule has 0 unspecified atom stereocenters. The third kappa shape index (κ3) is 5.85. The Labute approximate surface area is 187 Å². The van der Waals surface area contributed by atoms with Crippen LogP contribution in [-0.4, -0.2) is 72.6 Å². The maximum Gasteiger partial charge on any atom is 0.316 e. The van der Waals surface area contributed by atoms with Crippen molar-refractivity contribution in [1.82, 2.24) is 19.1 Å². The van der Waals surface area contributed by atoms with E-state index in [9.17, 15) is 13.2 Å². The highest BCUT2D eigenvalue weighted by Gasteiger charge is 2.33. The Morgan fingerprint density at radius 3 is 2.74 bits per heavy atom. The molecule has 3 rings (SSSR count). The number of methoxy groups -OCH3 is 1. The molecule has 1 aromatic heterocycles. The zero-order chi connectivity index (χ0) is 22.3. The van der Waals surface area contributed by atoms with Gasteiger partial charge in [0, 0.05) is 32.7 Å². The van der Waals surface area contributed by atoms with Gasteiger partial charge in [0.15, 0.2) is 5.16 Å². The molecule has 31 heavy (non-hydrogen) atoms. The molecule has 2 heterocycles. The first-order chi connectivity index (χ1) is 15.0. The van der Waals surface area contributed by atoms with E-state index in [-0.39, 0.29) is 17.6 Å². The van der Waals surface area contributed by atoms with E-state index in [0.717, 1.165) is 18.7 Å². The normalized spacial score (nSPS) is 17.5. The van der Waals surface area contributed by atoms with Gasteiger partial charge < -0.3 is 14.0 Å². The summed E-state index contributed by atoms with van der Waals surface area (Å²) in [7, 11) is -1.95. The fourth-order valence-corrected chi connectivity index (χ4v) is 5.86. The first-order valence-corrected chi connectivity index (χ1v) is 12.7. The van der Waals surface area contributed by atoms with Crippen molar-refractivity contribution < 1.29 is 22.7 Å². The van der Waals surface area contributed by atoms with Crippen molar-refractivity contribution in [1.29, 1.82) is 0 Å². The van der Waals surface area contributed by atoms with Crippen molar-refractivity contribution >= 4 is 27.8 Å². The number of hydrogen-bond acceptors (Lipinski definition) is 8. The van der Waals surface area contributed by atoms with Gasteiger partial charge in [0.05, 0.1) is 23.9 Å². The van der Waals surface area contributed by atoms with Crippen LogP contribution in [0, 0.1) is 0 Å². The molecule has 1 aromatic carbocycles. The molecule has 0 spiro atoms. The second-order valence-corrected chi connectivity index (χ2v) is 9.97. The number of sulfonamides is 1. The lowest BCUT2D eigenvalue weighted by Crippen LogP contribution is -2.39. The molecule has 0 saturated carbocycles. The molecule has 11 heteroatoms. The predicted octanol–water partition coefficient (Wildman–Crippen LogP) is 2.15. The van der Waals surface area contributed by atoms with Gasteiger partial charge in [-0.1, -0.05) is 30.0 Å². The topological polar surface area (TPSA) is 104 Å².